The fraction of sp³-hybridized carbons (Fsp3) is 0.500. The highest BCUT2D eigenvalue weighted by atomic mass is 35.5. The van der Waals surface area contributed by atoms with E-state index in [4.69, 9.17) is 5.73 Å². The molecule has 1 heterocycles. The van der Waals surface area contributed by atoms with Crippen molar-refractivity contribution in [3.63, 3.8) is 0 Å². The Morgan fingerprint density at radius 2 is 2.00 bits per heavy atom. The van der Waals surface area contributed by atoms with E-state index in [0.29, 0.717) is 18.7 Å². The zero-order chi connectivity index (χ0) is 15.0. The van der Waals surface area contributed by atoms with E-state index in [2.05, 4.69) is 4.72 Å². The van der Waals surface area contributed by atoms with Crippen molar-refractivity contribution < 1.29 is 13.2 Å². The van der Waals surface area contributed by atoms with Crippen LogP contribution in [0.4, 0.5) is 0 Å². The number of likely N-dealkylation sites (tertiary alicyclic amines) is 1. The Hall–Kier alpha value is -1.15. The van der Waals surface area contributed by atoms with Crippen LogP contribution in [0.5, 0.6) is 0 Å². The third-order valence-corrected chi connectivity index (χ3v) is 5.32. The molecule has 0 radical (unpaired) electrons. The van der Waals surface area contributed by atoms with Crippen molar-refractivity contribution >= 4 is 28.3 Å². The minimum Gasteiger partial charge on any atom is -0.337 e. The van der Waals surface area contributed by atoms with Crippen molar-refractivity contribution in [3.8, 4) is 0 Å². The molecule has 0 bridgehead atoms. The fourth-order valence-electron chi connectivity index (χ4n) is 2.44. The van der Waals surface area contributed by atoms with E-state index in [1.54, 1.807) is 17.0 Å². The van der Waals surface area contributed by atoms with Gasteiger partial charge in [-0.2, -0.15) is 0 Å². The molecular weight excluding hydrogens is 326 g/mol. The van der Waals surface area contributed by atoms with E-state index >= 15 is 0 Å². The summed E-state index contributed by atoms with van der Waals surface area (Å²) in [4.78, 5) is 14.2. The van der Waals surface area contributed by atoms with Crippen LogP contribution >= 0.6 is 12.4 Å². The first-order chi connectivity index (χ1) is 9.95. The molecule has 2 fully saturated rings. The zero-order valence-corrected chi connectivity index (χ0v) is 13.7. The molecule has 0 unspecified atom stereocenters. The number of hydrogen-bond donors (Lipinski definition) is 2. The second-order valence-electron chi connectivity index (χ2n) is 5.72. The number of hydrogen-bond acceptors (Lipinski definition) is 4. The molecule has 22 heavy (non-hydrogen) atoms. The summed E-state index contributed by atoms with van der Waals surface area (Å²) in [5, 5.41) is 0. The zero-order valence-electron chi connectivity index (χ0n) is 12.1. The van der Waals surface area contributed by atoms with Crippen LogP contribution in [0.1, 0.15) is 29.6 Å². The highest BCUT2D eigenvalue weighted by Crippen LogP contribution is 2.23. The van der Waals surface area contributed by atoms with Gasteiger partial charge in [-0.3, -0.25) is 4.79 Å². The molecule has 1 atom stereocenters. The van der Waals surface area contributed by atoms with Crippen LogP contribution in [-0.4, -0.2) is 44.4 Å². The highest BCUT2D eigenvalue weighted by molar-refractivity contribution is 7.89. The van der Waals surface area contributed by atoms with Gasteiger partial charge >= 0.3 is 0 Å². The number of rotatable bonds is 4. The lowest BCUT2D eigenvalue weighted by atomic mass is 10.2. The van der Waals surface area contributed by atoms with Crippen LogP contribution in [0, 0.1) is 0 Å². The van der Waals surface area contributed by atoms with Gasteiger partial charge in [-0.25, -0.2) is 13.1 Å². The number of nitrogens with zero attached hydrogens (tertiary/aromatic N) is 1. The molecule has 1 saturated carbocycles. The van der Waals surface area contributed by atoms with Gasteiger partial charge in [-0.15, -0.1) is 12.4 Å². The molecule has 2 aliphatic rings. The SMILES string of the molecule is Cl.N[C@@H]1CCN(C(=O)c2cccc(S(=O)(=O)NC3CC3)c2)C1. The summed E-state index contributed by atoms with van der Waals surface area (Å²) in [6.07, 6.45) is 2.54. The van der Waals surface area contributed by atoms with Gasteiger partial charge in [-0.1, -0.05) is 6.07 Å². The predicted octanol–water partition coefficient (Wildman–Crippen LogP) is 0.722. The summed E-state index contributed by atoms with van der Waals surface area (Å²) in [7, 11) is -3.53. The molecule has 0 aromatic heterocycles. The van der Waals surface area contributed by atoms with Crippen LogP contribution in [0.15, 0.2) is 29.2 Å². The van der Waals surface area contributed by atoms with Crippen LogP contribution < -0.4 is 10.5 Å². The Kier molecular flexibility index (Phi) is 5.11. The number of nitrogens with one attached hydrogen (secondary N) is 1. The normalized spacial score (nSPS) is 21.5. The molecule has 122 valence electrons. The van der Waals surface area contributed by atoms with E-state index in [1.165, 1.54) is 12.1 Å². The summed E-state index contributed by atoms with van der Waals surface area (Å²) in [6, 6.07) is 6.25. The fourth-order valence-corrected chi connectivity index (χ4v) is 3.79. The maximum Gasteiger partial charge on any atom is 0.253 e. The van der Waals surface area contributed by atoms with Crippen molar-refractivity contribution in [3.05, 3.63) is 29.8 Å². The second-order valence-corrected chi connectivity index (χ2v) is 7.44. The quantitative estimate of drug-likeness (QED) is 0.841. The summed E-state index contributed by atoms with van der Waals surface area (Å²) in [6.45, 7) is 1.15. The summed E-state index contributed by atoms with van der Waals surface area (Å²) >= 11 is 0. The van der Waals surface area contributed by atoms with Gasteiger partial charge in [0, 0.05) is 30.7 Å². The molecule has 1 aliphatic carbocycles. The lowest BCUT2D eigenvalue weighted by Crippen LogP contribution is -2.32. The van der Waals surface area contributed by atoms with Gasteiger partial charge in [0.25, 0.3) is 5.91 Å². The van der Waals surface area contributed by atoms with E-state index < -0.39 is 10.0 Å². The number of nitrogens with two attached hydrogens (primary N) is 1. The van der Waals surface area contributed by atoms with E-state index in [-0.39, 0.29) is 35.3 Å². The summed E-state index contributed by atoms with van der Waals surface area (Å²) in [5.74, 6) is -0.161. The minimum absolute atomic E-state index is 0. The van der Waals surface area contributed by atoms with Crippen LogP contribution in [-0.2, 0) is 10.0 Å². The Balaban J connectivity index is 0.00000176. The monoisotopic (exact) mass is 345 g/mol. The molecule has 1 amide bonds. The maximum atomic E-state index is 12.4. The third kappa shape index (κ3) is 3.78. The first-order valence-corrected chi connectivity index (χ1v) is 8.61. The van der Waals surface area contributed by atoms with E-state index in [1.807, 2.05) is 0 Å². The van der Waals surface area contributed by atoms with Gasteiger partial charge in [0.2, 0.25) is 10.0 Å². The lowest BCUT2D eigenvalue weighted by molar-refractivity contribution is 0.0790. The average Bonchev–Trinajstić information content (AvgIpc) is 3.15. The third-order valence-electron chi connectivity index (χ3n) is 3.80. The Labute approximate surface area is 136 Å². The molecule has 3 N–H and O–H groups in total. The van der Waals surface area contributed by atoms with Gasteiger partial charge in [0.05, 0.1) is 4.90 Å². The maximum absolute atomic E-state index is 12.4. The molecule has 1 aromatic carbocycles. The second kappa shape index (κ2) is 6.54. The number of halogens is 1. The van der Waals surface area contributed by atoms with Crippen LogP contribution in [0.25, 0.3) is 0 Å². The molecule has 6 nitrogen and oxygen atoms in total. The van der Waals surface area contributed by atoms with E-state index in [0.717, 1.165) is 19.3 Å². The Morgan fingerprint density at radius 1 is 1.27 bits per heavy atom. The molecular formula is C14H20ClN3O3S. The average molecular weight is 346 g/mol. The minimum atomic E-state index is -3.53. The summed E-state index contributed by atoms with van der Waals surface area (Å²) < 4.78 is 27.0. The molecule has 8 heteroatoms. The molecule has 1 aromatic rings. The molecule has 0 spiro atoms. The topological polar surface area (TPSA) is 92.5 Å². The number of amides is 1. The number of sulfonamides is 1. The summed E-state index contributed by atoms with van der Waals surface area (Å²) in [5.41, 5.74) is 6.19. The largest absolute Gasteiger partial charge is 0.337 e. The van der Waals surface area contributed by atoms with Gasteiger partial charge in [0.15, 0.2) is 0 Å². The van der Waals surface area contributed by atoms with Crippen molar-refractivity contribution in [2.75, 3.05) is 13.1 Å². The predicted molar refractivity (Wildman–Crippen MR) is 85.5 cm³/mol. The first-order valence-electron chi connectivity index (χ1n) is 7.13. The van der Waals surface area contributed by atoms with Crippen molar-refractivity contribution in [1.29, 1.82) is 0 Å². The first kappa shape index (κ1) is 17.2. The molecule has 3 rings (SSSR count). The highest BCUT2D eigenvalue weighted by Gasteiger charge is 2.29. The Bertz CT molecular complexity index is 661. The van der Waals surface area contributed by atoms with Crippen molar-refractivity contribution in [2.45, 2.75) is 36.2 Å². The van der Waals surface area contributed by atoms with Gasteiger partial charge in [-0.05, 0) is 37.5 Å². The van der Waals surface area contributed by atoms with Gasteiger partial charge < -0.3 is 10.6 Å². The molecule has 1 aliphatic heterocycles. The van der Waals surface area contributed by atoms with Gasteiger partial charge in [0.1, 0.15) is 0 Å². The van der Waals surface area contributed by atoms with Crippen LogP contribution in [0.3, 0.4) is 0 Å². The number of carbonyl (C=O) groups excluding carboxylic acids is 1. The lowest BCUT2D eigenvalue weighted by Gasteiger charge is -2.16. The smallest absolute Gasteiger partial charge is 0.253 e. The standard InChI is InChI=1S/C14H19N3O3S.ClH/c15-11-6-7-17(9-11)14(18)10-2-1-3-13(8-10)21(19,20)16-12-4-5-12;/h1-3,8,11-12,16H,4-7,9,15H2;1H/t11-;/m1./s1. The Morgan fingerprint density at radius 3 is 2.59 bits per heavy atom. The number of carbonyl (C=O) groups is 1. The van der Waals surface area contributed by atoms with Crippen molar-refractivity contribution in [1.82, 2.24) is 9.62 Å². The van der Waals surface area contributed by atoms with Crippen LogP contribution in [0.2, 0.25) is 0 Å². The molecule has 1 saturated heterocycles. The van der Waals surface area contributed by atoms with Crippen molar-refractivity contribution in [2.24, 2.45) is 5.73 Å². The van der Waals surface area contributed by atoms with E-state index in [9.17, 15) is 13.2 Å². The number of benzene rings is 1.